The van der Waals surface area contributed by atoms with Crippen molar-refractivity contribution < 1.29 is 4.79 Å². The third-order valence-electron chi connectivity index (χ3n) is 3.71. The van der Waals surface area contributed by atoms with E-state index in [1.807, 2.05) is 13.8 Å². The molecule has 0 aromatic heterocycles. The summed E-state index contributed by atoms with van der Waals surface area (Å²) in [5.74, 6) is 0.0933. The lowest BCUT2D eigenvalue weighted by molar-refractivity contribution is -0.122. The van der Waals surface area contributed by atoms with Crippen molar-refractivity contribution in [3.8, 4) is 0 Å². The van der Waals surface area contributed by atoms with Gasteiger partial charge in [-0.1, -0.05) is 0 Å². The lowest BCUT2D eigenvalue weighted by Crippen LogP contribution is -2.58. The third kappa shape index (κ3) is 2.95. The number of hydrogen-bond acceptors (Lipinski definition) is 3. The number of nitrogens with zero attached hydrogens (tertiary/aromatic N) is 1. The Hall–Kier alpha value is -0.610. The molecule has 1 aliphatic carbocycles. The van der Waals surface area contributed by atoms with Crippen molar-refractivity contribution in [1.29, 1.82) is 0 Å². The Labute approximate surface area is 98.8 Å². The summed E-state index contributed by atoms with van der Waals surface area (Å²) in [6, 6.07) is -0.0997. The zero-order chi connectivity index (χ0) is 12.2. The maximum absolute atomic E-state index is 11.5. The van der Waals surface area contributed by atoms with Crippen LogP contribution in [0.1, 0.15) is 33.1 Å². The Bertz CT molecular complexity index is 236. The highest BCUT2D eigenvalue weighted by molar-refractivity contribution is 5.81. The van der Waals surface area contributed by atoms with Gasteiger partial charge in [0.1, 0.15) is 0 Å². The maximum atomic E-state index is 11.5. The topological polar surface area (TPSA) is 44.4 Å². The SMILES string of the molecule is CCNC(=O)C(C)NCC1(N(C)C)CCC1. The molecular formula is C12H25N3O. The molecule has 4 heteroatoms. The first-order valence-electron chi connectivity index (χ1n) is 6.20. The summed E-state index contributed by atoms with van der Waals surface area (Å²) in [6.45, 7) is 5.47. The van der Waals surface area contributed by atoms with E-state index in [4.69, 9.17) is 0 Å². The Morgan fingerprint density at radius 2 is 2.06 bits per heavy atom. The van der Waals surface area contributed by atoms with E-state index in [0.29, 0.717) is 6.54 Å². The Kier molecular flexibility index (Phi) is 4.74. The molecule has 1 atom stereocenters. The fourth-order valence-electron chi connectivity index (χ4n) is 2.13. The van der Waals surface area contributed by atoms with Gasteiger partial charge in [-0.2, -0.15) is 0 Å². The molecule has 1 amide bonds. The van der Waals surface area contributed by atoms with Crippen LogP contribution < -0.4 is 10.6 Å². The van der Waals surface area contributed by atoms with Crippen LogP contribution in [0.3, 0.4) is 0 Å². The van der Waals surface area contributed by atoms with Crippen molar-refractivity contribution >= 4 is 5.91 Å². The van der Waals surface area contributed by atoms with E-state index in [1.165, 1.54) is 19.3 Å². The number of likely N-dealkylation sites (N-methyl/N-ethyl adjacent to an activating group) is 2. The lowest BCUT2D eigenvalue weighted by atomic mass is 9.75. The average molecular weight is 227 g/mol. The summed E-state index contributed by atoms with van der Waals surface area (Å²) < 4.78 is 0. The molecule has 94 valence electrons. The van der Waals surface area contributed by atoms with E-state index in [-0.39, 0.29) is 17.5 Å². The van der Waals surface area contributed by atoms with Crippen LogP contribution in [0.5, 0.6) is 0 Å². The van der Waals surface area contributed by atoms with Crippen LogP contribution in [0.4, 0.5) is 0 Å². The molecule has 1 aliphatic rings. The van der Waals surface area contributed by atoms with Crippen LogP contribution in [-0.2, 0) is 4.79 Å². The number of carbonyl (C=O) groups is 1. The van der Waals surface area contributed by atoms with Gasteiger partial charge in [-0.05, 0) is 47.2 Å². The Balaban J connectivity index is 2.35. The van der Waals surface area contributed by atoms with Gasteiger partial charge in [0.25, 0.3) is 0 Å². The van der Waals surface area contributed by atoms with Crippen molar-refractivity contribution in [2.75, 3.05) is 27.2 Å². The smallest absolute Gasteiger partial charge is 0.236 e. The molecule has 1 rings (SSSR count). The summed E-state index contributed by atoms with van der Waals surface area (Å²) in [7, 11) is 4.25. The molecule has 0 saturated heterocycles. The second kappa shape index (κ2) is 5.64. The standard InChI is InChI=1S/C12H25N3O/c1-5-13-11(16)10(2)14-9-12(15(3)4)7-6-8-12/h10,14H,5-9H2,1-4H3,(H,13,16). The van der Waals surface area contributed by atoms with Gasteiger partial charge in [-0.15, -0.1) is 0 Å². The number of amides is 1. The van der Waals surface area contributed by atoms with Crippen LogP contribution in [0.25, 0.3) is 0 Å². The van der Waals surface area contributed by atoms with E-state index in [1.54, 1.807) is 0 Å². The minimum Gasteiger partial charge on any atom is -0.355 e. The Morgan fingerprint density at radius 3 is 2.44 bits per heavy atom. The van der Waals surface area contributed by atoms with Crippen LogP contribution in [0.2, 0.25) is 0 Å². The second-order valence-electron chi connectivity index (χ2n) is 4.97. The summed E-state index contributed by atoms with van der Waals surface area (Å²) >= 11 is 0. The molecule has 2 N–H and O–H groups in total. The second-order valence-corrected chi connectivity index (χ2v) is 4.97. The van der Waals surface area contributed by atoms with Crippen molar-refractivity contribution in [3.63, 3.8) is 0 Å². The van der Waals surface area contributed by atoms with E-state index < -0.39 is 0 Å². The Morgan fingerprint density at radius 1 is 1.44 bits per heavy atom. The number of carbonyl (C=O) groups excluding carboxylic acids is 1. The first kappa shape index (κ1) is 13.5. The molecule has 16 heavy (non-hydrogen) atoms. The minimum absolute atomic E-state index is 0.0933. The lowest BCUT2D eigenvalue weighted by Gasteiger charge is -2.48. The van der Waals surface area contributed by atoms with Crippen molar-refractivity contribution in [3.05, 3.63) is 0 Å². The molecule has 0 aliphatic heterocycles. The highest BCUT2D eigenvalue weighted by Gasteiger charge is 2.39. The van der Waals surface area contributed by atoms with Gasteiger partial charge in [-0.3, -0.25) is 4.79 Å². The van der Waals surface area contributed by atoms with Gasteiger partial charge in [0.05, 0.1) is 6.04 Å². The normalized spacial score (nSPS) is 20.3. The molecule has 0 aromatic carbocycles. The van der Waals surface area contributed by atoms with Crippen molar-refractivity contribution in [1.82, 2.24) is 15.5 Å². The minimum atomic E-state index is -0.0997. The number of hydrogen-bond donors (Lipinski definition) is 2. The van der Waals surface area contributed by atoms with Gasteiger partial charge >= 0.3 is 0 Å². The van der Waals surface area contributed by atoms with Crippen molar-refractivity contribution in [2.24, 2.45) is 0 Å². The summed E-state index contributed by atoms with van der Waals surface area (Å²) in [6.07, 6.45) is 3.76. The van der Waals surface area contributed by atoms with Gasteiger partial charge in [0.15, 0.2) is 0 Å². The summed E-state index contributed by atoms with van der Waals surface area (Å²) in [4.78, 5) is 13.8. The molecule has 0 spiro atoms. The van der Waals surface area contributed by atoms with Crippen LogP contribution in [-0.4, -0.2) is 49.6 Å². The molecule has 1 saturated carbocycles. The number of rotatable bonds is 6. The van der Waals surface area contributed by atoms with Gasteiger partial charge in [0, 0.05) is 18.6 Å². The molecule has 0 heterocycles. The molecule has 0 radical (unpaired) electrons. The predicted molar refractivity (Wildman–Crippen MR) is 66.4 cm³/mol. The van der Waals surface area contributed by atoms with Crippen LogP contribution >= 0.6 is 0 Å². The van der Waals surface area contributed by atoms with Crippen LogP contribution in [0, 0.1) is 0 Å². The van der Waals surface area contributed by atoms with E-state index in [0.717, 1.165) is 6.54 Å². The van der Waals surface area contributed by atoms with Crippen molar-refractivity contribution in [2.45, 2.75) is 44.7 Å². The highest BCUT2D eigenvalue weighted by Crippen LogP contribution is 2.35. The zero-order valence-electron chi connectivity index (χ0n) is 11.0. The maximum Gasteiger partial charge on any atom is 0.236 e. The molecule has 0 aromatic rings. The molecule has 0 bridgehead atoms. The fourth-order valence-corrected chi connectivity index (χ4v) is 2.13. The molecule has 1 fully saturated rings. The largest absolute Gasteiger partial charge is 0.355 e. The highest BCUT2D eigenvalue weighted by atomic mass is 16.2. The molecule has 4 nitrogen and oxygen atoms in total. The fraction of sp³-hybridized carbons (Fsp3) is 0.917. The monoisotopic (exact) mass is 227 g/mol. The van der Waals surface area contributed by atoms with E-state index in [2.05, 4.69) is 29.6 Å². The van der Waals surface area contributed by atoms with Crippen LogP contribution in [0.15, 0.2) is 0 Å². The quantitative estimate of drug-likeness (QED) is 0.698. The summed E-state index contributed by atoms with van der Waals surface area (Å²) in [5, 5.41) is 6.17. The molecular weight excluding hydrogens is 202 g/mol. The predicted octanol–water partition coefficient (Wildman–Crippen LogP) is 0.585. The van der Waals surface area contributed by atoms with E-state index in [9.17, 15) is 4.79 Å². The first-order chi connectivity index (χ1) is 7.52. The van der Waals surface area contributed by atoms with Gasteiger partial charge in [0.2, 0.25) is 5.91 Å². The molecule has 1 unspecified atom stereocenters. The summed E-state index contributed by atoms with van der Waals surface area (Å²) in [5.41, 5.74) is 0.279. The average Bonchev–Trinajstić information content (AvgIpc) is 2.15. The van der Waals surface area contributed by atoms with Gasteiger partial charge < -0.3 is 15.5 Å². The number of nitrogens with one attached hydrogen (secondary N) is 2. The van der Waals surface area contributed by atoms with Gasteiger partial charge in [-0.25, -0.2) is 0 Å². The first-order valence-corrected chi connectivity index (χ1v) is 6.20. The third-order valence-corrected chi connectivity index (χ3v) is 3.71. The van der Waals surface area contributed by atoms with E-state index >= 15 is 0 Å². The zero-order valence-corrected chi connectivity index (χ0v) is 11.0.